The summed E-state index contributed by atoms with van der Waals surface area (Å²) in [7, 11) is 0. The molecule has 1 N–H and O–H groups in total. The van der Waals surface area contributed by atoms with Crippen LogP contribution in [0, 0.1) is 14.9 Å². The van der Waals surface area contributed by atoms with Crippen molar-refractivity contribution in [2.75, 3.05) is 0 Å². The summed E-state index contributed by atoms with van der Waals surface area (Å²) in [6.07, 6.45) is 8.09. The van der Waals surface area contributed by atoms with E-state index < -0.39 is 6.10 Å². The Morgan fingerprint density at radius 1 is 0.760 bits per heavy atom. The molecule has 2 aromatic rings. The van der Waals surface area contributed by atoms with Gasteiger partial charge in [-0.3, -0.25) is 0 Å². The van der Waals surface area contributed by atoms with Crippen LogP contribution in [0.25, 0.3) is 12.2 Å². The molecule has 2 aliphatic rings. The Morgan fingerprint density at radius 2 is 1.12 bits per heavy atom. The van der Waals surface area contributed by atoms with E-state index in [2.05, 4.69) is 55.4 Å². The standard InChI is InChI=1S/C19H16O.2CH3.ClH.Si.Zr/c20-19(17-11-9-13-5-1-3-7-15(13)17)18-12-10-14-6-2-4-8-16(14)18;;;;;/h1-12,17-20H;2*1H3;1H;;/q;2*-1;;;+2. The van der Waals surface area contributed by atoms with Gasteiger partial charge >= 0.3 is 30.2 Å². The molecule has 0 saturated heterocycles. The summed E-state index contributed by atoms with van der Waals surface area (Å²) in [5, 5.41) is 10.8. The third kappa shape index (κ3) is 4.71. The molecule has 1 nitrogen and oxygen atoms in total. The maximum atomic E-state index is 10.8. The van der Waals surface area contributed by atoms with Gasteiger partial charge in [0.15, 0.2) is 0 Å². The van der Waals surface area contributed by atoms with Crippen LogP contribution < -0.4 is 0 Å². The second-order valence-electron chi connectivity index (χ2n) is 5.52. The van der Waals surface area contributed by atoms with Gasteiger partial charge in [0.05, 0.1) is 6.10 Å². The van der Waals surface area contributed by atoms with Crippen molar-refractivity contribution in [2.24, 2.45) is 0 Å². The Kier molecular flexibility index (Phi) is 10.8. The van der Waals surface area contributed by atoms with Crippen molar-refractivity contribution in [3.05, 3.63) is 97.8 Å². The minimum atomic E-state index is -0.408. The van der Waals surface area contributed by atoms with Crippen LogP contribution in [0.15, 0.2) is 60.7 Å². The zero-order chi connectivity index (χ0) is 15.5. The predicted molar refractivity (Wildman–Crippen MR) is 108 cm³/mol. The molecule has 2 unspecified atom stereocenters. The third-order valence-electron chi connectivity index (χ3n) is 4.41. The van der Waals surface area contributed by atoms with Crippen molar-refractivity contribution < 1.29 is 28.4 Å². The van der Waals surface area contributed by atoms with Gasteiger partial charge in [-0.15, -0.1) is 12.4 Å². The number of benzene rings is 2. The van der Waals surface area contributed by atoms with Crippen LogP contribution in [-0.2, 0) is 23.3 Å². The van der Waals surface area contributed by atoms with Crippen LogP contribution in [0.3, 0.4) is 0 Å². The van der Waals surface area contributed by atoms with Gasteiger partial charge < -0.3 is 20.0 Å². The number of halogens is 1. The van der Waals surface area contributed by atoms with Gasteiger partial charge in [-0.05, 0) is 22.3 Å². The number of hydrogen-bond acceptors (Lipinski definition) is 1. The molecule has 2 aromatic carbocycles. The summed E-state index contributed by atoms with van der Waals surface area (Å²) in [5.41, 5.74) is 4.93. The van der Waals surface area contributed by atoms with Gasteiger partial charge in [-0.2, -0.15) is 0 Å². The second-order valence-corrected chi connectivity index (χ2v) is 5.52. The third-order valence-corrected chi connectivity index (χ3v) is 4.41. The van der Waals surface area contributed by atoms with E-state index in [0.29, 0.717) is 0 Å². The molecule has 0 fully saturated rings. The average molecular weight is 446 g/mol. The molecule has 25 heavy (non-hydrogen) atoms. The van der Waals surface area contributed by atoms with Gasteiger partial charge in [-0.1, -0.05) is 72.8 Å². The number of aliphatic hydroxyl groups is 1. The molecule has 4 rings (SSSR count). The molecule has 128 valence electrons. The molecule has 4 heteroatoms. The zero-order valence-corrected chi connectivity index (χ0v) is 18.8. The van der Waals surface area contributed by atoms with Crippen LogP contribution in [0.5, 0.6) is 0 Å². The summed E-state index contributed by atoms with van der Waals surface area (Å²) in [5.74, 6) is 0.180. The zero-order valence-electron chi connectivity index (χ0n) is 14.5. The van der Waals surface area contributed by atoms with E-state index >= 15 is 0 Å². The Balaban J connectivity index is 0.00000111. The molecule has 2 radical (unpaired) electrons. The molecule has 0 aromatic heterocycles. The van der Waals surface area contributed by atoms with Crippen LogP contribution in [0.4, 0.5) is 0 Å². The monoisotopic (exact) mass is 444 g/mol. The number of aliphatic hydroxyl groups excluding tert-OH is 1. The molecule has 2 aliphatic carbocycles. The molecule has 0 spiro atoms. The van der Waals surface area contributed by atoms with E-state index in [-0.39, 0.29) is 39.1 Å². The van der Waals surface area contributed by atoms with Gasteiger partial charge in [0, 0.05) is 11.8 Å². The summed E-state index contributed by atoms with van der Waals surface area (Å²) in [6.45, 7) is 3.06. The molecule has 2 atom stereocenters. The average Bonchev–Trinajstić information content (AvgIpc) is 3.20. The Bertz CT molecular complexity index is 683. The van der Waals surface area contributed by atoms with E-state index in [0.717, 1.165) is 0 Å². The Hall–Kier alpha value is -0.730. The topological polar surface area (TPSA) is 20.2 Å². The van der Waals surface area contributed by atoms with Gasteiger partial charge in [0.2, 0.25) is 0 Å². The molecule has 0 saturated carbocycles. The first kappa shape index (κ1) is 24.3. The number of hydrogen-bond donors (Lipinski definition) is 1. The van der Waals surface area contributed by atoms with Crippen molar-refractivity contribution >= 4 is 31.4 Å². The van der Waals surface area contributed by atoms with Crippen molar-refractivity contribution in [1.29, 1.82) is 0 Å². The first-order valence-electron chi connectivity index (χ1n) is 7.32. The number of fused-ring (bicyclic) bond motifs is 2. The summed E-state index contributed by atoms with van der Waals surface area (Å²) in [6, 6.07) is 16.6. The van der Waals surface area contributed by atoms with E-state index in [1.54, 1.807) is 0 Å². The minimum absolute atomic E-state index is 0. The summed E-state index contributed by atoms with van der Waals surface area (Å²) in [4.78, 5) is 0. The van der Waals surface area contributed by atoms with E-state index in [4.69, 9.17) is 0 Å². The van der Waals surface area contributed by atoms with Gasteiger partial charge in [-0.25, -0.2) is 0 Å². The van der Waals surface area contributed by atoms with Crippen molar-refractivity contribution in [3.63, 3.8) is 0 Å². The fraction of sp³-hybridized carbons (Fsp3) is 0.143. The van der Waals surface area contributed by atoms with Crippen LogP contribution in [-0.4, -0.2) is 18.1 Å². The normalized spacial score (nSPS) is 19.2. The molecular weight excluding hydrogens is 423 g/mol. The molecule has 0 heterocycles. The molecular formula is C21H23ClOSiZr. The van der Waals surface area contributed by atoms with Crippen LogP contribution in [0.1, 0.15) is 34.1 Å². The van der Waals surface area contributed by atoms with E-state index in [9.17, 15) is 5.11 Å². The van der Waals surface area contributed by atoms with Crippen LogP contribution in [0.2, 0.25) is 0 Å². The van der Waals surface area contributed by atoms with Gasteiger partial charge in [0.25, 0.3) is 0 Å². The summed E-state index contributed by atoms with van der Waals surface area (Å²) < 4.78 is 0. The second kappa shape index (κ2) is 11.1. The Morgan fingerprint density at radius 3 is 1.52 bits per heavy atom. The molecule has 0 amide bonds. The van der Waals surface area contributed by atoms with E-state index in [1.807, 2.05) is 24.3 Å². The van der Waals surface area contributed by atoms with E-state index in [1.165, 1.54) is 45.6 Å². The quantitative estimate of drug-likeness (QED) is 0.514. The SMILES string of the molecule is Cl.OC(C1C=Cc2ccccc21)C1C=Cc2ccccc21.[CH3-].[CH3-].[Si]=[Zr+2]. The van der Waals surface area contributed by atoms with Crippen LogP contribution >= 0.6 is 12.4 Å². The fourth-order valence-electron chi connectivity index (χ4n) is 3.37. The van der Waals surface area contributed by atoms with Crippen molar-refractivity contribution in [2.45, 2.75) is 17.9 Å². The molecule has 0 bridgehead atoms. The van der Waals surface area contributed by atoms with Crippen molar-refractivity contribution in [1.82, 2.24) is 0 Å². The first-order chi connectivity index (χ1) is 10.8. The predicted octanol–water partition coefficient (Wildman–Crippen LogP) is 4.91. The Labute approximate surface area is 174 Å². The summed E-state index contributed by atoms with van der Waals surface area (Å²) >= 11 is 1.36. The van der Waals surface area contributed by atoms with Crippen molar-refractivity contribution in [3.8, 4) is 0 Å². The maximum absolute atomic E-state index is 10.8. The fourth-order valence-corrected chi connectivity index (χ4v) is 3.37. The number of rotatable bonds is 2. The first-order valence-corrected chi connectivity index (χ1v) is 11.5. The molecule has 0 aliphatic heterocycles. The van der Waals surface area contributed by atoms with Gasteiger partial charge in [0.1, 0.15) is 0 Å².